The summed E-state index contributed by atoms with van der Waals surface area (Å²) in [6.07, 6.45) is 0. The van der Waals surface area contributed by atoms with E-state index < -0.39 is 15.1 Å². The first-order valence-corrected chi connectivity index (χ1v) is 13.5. The van der Waals surface area contributed by atoms with E-state index in [9.17, 15) is 13.7 Å². The second-order valence-corrected chi connectivity index (χ2v) is 11.0. The molecule has 7 nitrogen and oxygen atoms in total. The van der Waals surface area contributed by atoms with Crippen LogP contribution < -0.4 is 9.80 Å². The van der Waals surface area contributed by atoms with E-state index >= 15 is 0 Å². The van der Waals surface area contributed by atoms with E-state index in [1.807, 2.05) is 24.3 Å². The maximum Gasteiger partial charge on any atom is 0.200 e. The van der Waals surface area contributed by atoms with E-state index in [0.29, 0.717) is 29.9 Å². The van der Waals surface area contributed by atoms with Gasteiger partial charge in [0, 0.05) is 31.9 Å². The summed E-state index contributed by atoms with van der Waals surface area (Å²) in [6, 6.07) is 23.8. The van der Waals surface area contributed by atoms with E-state index in [4.69, 9.17) is 9.97 Å². The molecule has 5 rings (SSSR count). The van der Waals surface area contributed by atoms with E-state index in [0.717, 1.165) is 13.1 Å². The number of hydrogen-bond acceptors (Lipinski definition) is 7. The maximum atomic E-state index is 13.5. The van der Waals surface area contributed by atoms with Crippen molar-refractivity contribution in [1.82, 2.24) is 9.97 Å². The Morgan fingerprint density at radius 1 is 0.806 bits per heavy atom. The van der Waals surface area contributed by atoms with Crippen molar-refractivity contribution in [2.75, 3.05) is 36.0 Å². The Labute approximate surface area is 211 Å². The molecule has 4 aromatic rings. The standard InChI is InChI=1S/C28H27N5O2S/c1-20-9-8-14-25(21(20)2)32-15-17-33(18-16-32)28-27(30-23-12-6-7-13-24(23)31-28)26(19-29)36(34,35)22-10-4-3-5-11-22/h3-14,26H,15-18H2,1-2H3/t26-/m0/s1. The molecule has 182 valence electrons. The Kier molecular flexibility index (Phi) is 6.33. The fourth-order valence-corrected chi connectivity index (χ4v) is 6.07. The van der Waals surface area contributed by atoms with Crippen LogP contribution in [-0.2, 0) is 9.84 Å². The third kappa shape index (κ3) is 4.27. The van der Waals surface area contributed by atoms with Crippen molar-refractivity contribution in [2.45, 2.75) is 24.0 Å². The average molecular weight is 498 g/mol. The second-order valence-electron chi connectivity index (χ2n) is 8.98. The van der Waals surface area contributed by atoms with Crippen LogP contribution in [0.15, 0.2) is 77.7 Å². The van der Waals surface area contributed by atoms with Crippen LogP contribution in [0.3, 0.4) is 0 Å². The van der Waals surface area contributed by atoms with E-state index in [2.05, 4.69) is 41.8 Å². The molecular weight excluding hydrogens is 470 g/mol. The molecule has 0 bridgehead atoms. The van der Waals surface area contributed by atoms with Crippen LogP contribution in [-0.4, -0.2) is 44.6 Å². The number of aromatic nitrogens is 2. The molecule has 3 aromatic carbocycles. The van der Waals surface area contributed by atoms with E-state index in [-0.39, 0.29) is 10.6 Å². The number of nitriles is 1. The quantitative estimate of drug-likeness (QED) is 0.398. The highest BCUT2D eigenvalue weighted by Crippen LogP contribution is 2.34. The van der Waals surface area contributed by atoms with Crippen LogP contribution in [0.5, 0.6) is 0 Å². The minimum absolute atomic E-state index is 0.0946. The van der Waals surface area contributed by atoms with Gasteiger partial charge in [0.05, 0.1) is 22.0 Å². The largest absolute Gasteiger partial charge is 0.368 e. The Bertz CT molecular complexity index is 1560. The highest BCUT2D eigenvalue weighted by Gasteiger charge is 2.35. The molecule has 2 heterocycles. The summed E-state index contributed by atoms with van der Waals surface area (Å²) < 4.78 is 27.0. The lowest BCUT2D eigenvalue weighted by atomic mass is 10.1. The first-order valence-electron chi connectivity index (χ1n) is 11.9. The number of aryl methyl sites for hydroxylation is 1. The number of piperazine rings is 1. The molecule has 1 fully saturated rings. The second kappa shape index (κ2) is 9.59. The van der Waals surface area contributed by atoms with Crippen molar-refractivity contribution in [2.24, 2.45) is 0 Å². The van der Waals surface area contributed by atoms with Gasteiger partial charge in [-0.15, -0.1) is 0 Å². The topological polar surface area (TPSA) is 90.2 Å². The number of sulfone groups is 1. The van der Waals surface area contributed by atoms with Gasteiger partial charge in [-0.25, -0.2) is 18.4 Å². The predicted molar refractivity (Wildman–Crippen MR) is 142 cm³/mol. The van der Waals surface area contributed by atoms with Crippen molar-refractivity contribution < 1.29 is 8.42 Å². The molecule has 0 N–H and O–H groups in total. The van der Waals surface area contributed by atoms with E-state index in [1.54, 1.807) is 24.3 Å². The van der Waals surface area contributed by atoms with Gasteiger partial charge in [-0.3, -0.25) is 0 Å². The van der Waals surface area contributed by atoms with Crippen molar-refractivity contribution in [3.63, 3.8) is 0 Å². The Hall–Kier alpha value is -3.96. The van der Waals surface area contributed by atoms with Crippen molar-refractivity contribution in [1.29, 1.82) is 5.26 Å². The molecule has 8 heteroatoms. The number of anilines is 2. The number of nitrogens with zero attached hydrogens (tertiary/aromatic N) is 5. The van der Waals surface area contributed by atoms with E-state index in [1.165, 1.54) is 28.9 Å². The van der Waals surface area contributed by atoms with Gasteiger partial charge in [-0.05, 0) is 55.3 Å². The predicted octanol–water partition coefficient (Wildman–Crippen LogP) is 4.61. The minimum Gasteiger partial charge on any atom is -0.368 e. The smallest absolute Gasteiger partial charge is 0.200 e. The van der Waals surface area contributed by atoms with Crippen LogP contribution in [0.4, 0.5) is 11.5 Å². The highest BCUT2D eigenvalue weighted by molar-refractivity contribution is 7.92. The van der Waals surface area contributed by atoms with Gasteiger partial charge >= 0.3 is 0 Å². The van der Waals surface area contributed by atoms with Gasteiger partial charge in [-0.2, -0.15) is 5.26 Å². The van der Waals surface area contributed by atoms with Crippen molar-refractivity contribution in [3.05, 3.63) is 89.6 Å². The summed E-state index contributed by atoms with van der Waals surface area (Å²) in [5.41, 5.74) is 5.13. The van der Waals surface area contributed by atoms with Crippen LogP contribution in [0.1, 0.15) is 22.1 Å². The Balaban J connectivity index is 1.54. The number of para-hydroxylation sites is 2. The minimum atomic E-state index is -4.00. The third-order valence-corrected chi connectivity index (χ3v) is 8.70. The van der Waals surface area contributed by atoms with Gasteiger partial charge in [0.2, 0.25) is 9.84 Å². The summed E-state index contributed by atoms with van der Waals surface area (Å²) in [5, 5.41) is 8.63. The molecule has 0 amide bonds. The molecule has 1 saturated heterocycles. The number of benzene rings is 3. The van der Waals surface area contributed by atoms with Gasteiger partial charge in [0.15, 0.2) is 11.1 Å². The molecular formula is C28H27N5O2S. The lowest BCUT2D eigenvalue weighted by Crippen LogP contribution is -2.47. The third-order valence-electron chi connectivity index (χ3n) is 6.82. The fraction of sp³-hybridized carbons (Fsp3) is 0.250. The molecule has 1 aromatic heterocycles. The first kappa shape index (κ1) is 23.8. The maximum absolute atomic E-state index is 13.5. The van der Waals surface area contributed by atoms with Gasteiger partial charge in [0.1, 0.15) is 5.69 Å². The molecule has 0 aliphatic carbocycles. The molecule has 36 heavy (non-hydrogen) atoms. The van der Waals surface area contributed by atoms with Crippen LogP contribution >= 0.6 is 0 Å². The lowest BCUT2D eigenvalue weighted by Gasteiger charge is -2.38. The van der Waals surface area contributed by atoms with Gasteiger partial charge in [-0.1, -0.05) is 42.5 Å². The monoisotopic (exact) mass is 497 g/mol. The lowest BCUT2D eigenvalue weighted by molar-refractivity contribution is 0.589. The summed E-state index contributed by atoms with van der Waals surface area (Å²) in [6.45, 7) is 7.02. The zero-order valence-electron chi connectivity index (χ0n) is 20.3. The SMILES string of the molecule is Cc1cccc(N2CCN(c3nc4ccccc4nc3[C@H](C#N)S(=O)(=O)c3ccccc3)CC2)c1C. The van der Waals surface area contributed by atoms with Gasteiger partial charge < -0.3 is 9.80 Å². The molecule has 1 aliphatic heterocycles. The summed E-state index contributed by atoms with van der Waals surface area (Å²) in [4.78, 5) is 14.0. The van der Waals surface area contributed by atoms with Crippen LogP contribution in [0, 0.1) is 25.2 Å². The number of fused-ring (bicyclic) bond motifs is 1. The number of rotatable bonds is 5. The molecule has 0 unspecified atom stereocenters. The fourth-order valence-electron chi connectivity index (χ4n) is 4.67. The summed E-state index contributed by atoms with van der Waals surface area (Å²) in [7, 11) is -4.00. The molecule has 0 spiro atoms. The van der Waals surface area contributed by atoms with Crippen LogP contribution in [0.25, 0.3) is 11.0 Å². The summed E-state index contributed by atoms with van der Waals surface area (Å²) in [5.74, 6) is 0.459. The molecule has 0 saturated carbocycles. The normalized spacial score (nSPS) is 15.0. The Morgan fingerprint density at radius 3 is 2.08 bits per heavy atom. The molecule has 1 atom stereocenters. The first-order chi connectivity index (χ1) is 17.4. The average Bonchev–Trinajstić information content (AvgIpc) is 2.91. The Morgan fingerprint density at radius 2 is 1.42 bits per heavy atom. The highest BCUT2D eigenvalue weighted by atomic mass is 32.2. The molecule has 0 radical (unpaired) electrons. The van der Waals surface area contributed by atoms with Crippen molar-refractivity contribution in [3.8, 4) is 6.07 Å². The number of hydrogen-bond donors (Lipinski definition) is 0. The zero-order valence-corrected chi connectivity index (χ0v) is 21.1. The van der Waals surface area contributed by atoms with Crippen molar-refractivity contribution >= 4 is 32.4 Å². The molecule has 1 aliphatic rings. The van der Waals surface area contributed by atoms with Crippen LogP contribution in [0.2, 0.25) is 0 Å². The van der Waals surface area contributed by atoms with Gasteiger partial charge in [0.25, 0.3) is 0 Å². The zero-order chi connectivity index (χ0) is 25.3. The summed E-state index contributed by atoms with van der Waals surface area (Å²) >= 11 is 0.